The molecule has 0 heterocycles. The molecule has 0 radical (unpaired) electrons. The van der Waals surface area contributed by atoms with Crippen LogP contribution >= 0.6 is 0 Å². The van der Waals surface area contributed by atoms with Crippen LogP contribution in [0.15, 0.2) is 24.9 Å². The van der Waals surface area contributed by atoms with Gasteiger partial charge >= 0.3 is 0 Å². The third kappa shape index (κ3) is 5.38. The molecule has 0 aliphatic heterocycles. The quantitative estimate of drug-likeness (QED) is 0.576. The lowest BCUT2D eigenvalue weighted by Crippen LogP contribution is -2.15. The lowest BCUT2D eigenvalue weighted by atomic mass is 10.4. The van der Waals surface area contributed by atoms with Gasteiger partial charge in [-0.1, -0.05) is 12.7 Å². The molecule has 0 aromatic rings. The summed E-state index contributed by atoms with van der Waals surface area (Å²) in [4.78, 5) is 2.09. The third-order valence-electron chi connectivity index (χ3n) is 1.19. The molecule has 0 atom stereocenters. The van der Waals surface area contributed by atoms with E-state index in [0.29, 0.717) is 0 Å². The molecule has 0 aromatic carbocycles. The first kappa shape index (κ1) is 9.24. The lowest BCUT2D eigenvalue weighted by molar-refractivity contribution is 0.447. The molecule has 0 saturated carbocycles. The number of rotatable bonds is 5. The molecule has 0 aliphatic rings. The van der Waals surface area contributed by atoms with Gasteiger partial charge in [0.2, 0.25) is 0 Å². The third-order valence-corrected chi connectivity index (χ3v) is 1.19. The molecule has 2 N–H and O–H groups in total. The van der Waals surface area contributed by atoms with Crippen LogP contribution in [0.5, 0.6) is 0 Å². The molecule has 2 nitrogen and oxygen atoms in total. The van der Waals surface area contributed by atoms with E-state index in [1.165, 1.54) is 0 Å². The Morgan fingerprint density at radius 2 is 2.30 bits per heavy atom. The van der Waals surface area contributed by atoms with Gasteiger partial charge in [0.1, 0.15) is 0 Å². The van der Waals surface area contributed by atoms with E-state index in [1.54, 1.807) is 6.08 Å². The fourth-order valence-corrected chi connectivity index (χ4v) is 0.623. The molecule has 2 heteroatoms. The normalized spacial score (nSPS) is 10.2. The standard InChI is InChI=1S/C8H16N2/c1-3-4-7-10(2)8-5-6-9/h3-4,7H,1,5-6,8-9H2,2H3/b7-4-. The zero-order chi connectivity index (χ0) is 7.82. The highest BCUT2D eigenvalue weighted by Gasteiger charge is 1.86. The van der Waals surface area contributed by atoms with Gasteiger partial charge in [-0.05, 0) is 25.2 Å². The van der Waals surface area contributed by atoms with Crippen LogP contribution in [0, 0.1) is 0 Å². The minimum atomic E-state index is 0.756. The predicted octanol–water partition coefficient (Wildman–Crippen LogP) is 0.967. The molecule has 0 fully saturated rings. The van der Waals surface area contributed by atoms with Gasteiger partial charge in [0.15, 0.2) is 0 Å². The molecule has 0 spiro atoms. The van der Waals surface area contributed by atoms with Crippen molar-refractivity contribution < 1.29 is 0 Å². The van der Waals surface area contributed by atoms with Crippen LogP contribution in [-0.2, 0) is 0 Å². The van der Waals surface area contributed by atoms with Gasteiger partial charge in [-0.2, -0.15) is 0 Å². The highest BCUT2D eigenvalue weighted by Crippen LogP contribution is 1.86. The topological polar surface area (TPSA) is 29.3 Å². The summed E-state index contributed by atoms with van der Waals surface area (Å²) < 4.78 is 0. The van der Waals surface area contributed by atoms with Crippen molar-refractivity contribution in [1.82, 2.24) is 4.90 Å². The highest BCUT2D eigenvalue weighted by atomic mass is 15.1. The Morgan fingerprint density at radius 1 is 1.60 bits per heavy atom. The van der Waals surface area contributed by atoms with Crippen molar-refractivity contribution in [3.63, 3.8) is 0 Å². The summed E-state index contributed by atoms with van der Waals surface area (Å²) in [7, 11) is 2.02. The Kier molecular flexibility index (Phi) is 5.88. The molecule has 0 unspecified atom stereocenters. The molecule has 0 rings (SSSR count). The van der Waals surface area contributed by atoms with E-state index in [-0.39, 0.29) is 0 Å². The van der Waals surface area contributed by atoms with Gasteiger partial charge < -0.3 is 10.6 Å². The van der Waals surface area contributed by atoms with Crippen LogP contribution < -0.4 is 5.73 Å². The first-order chi connectivity index (χ1) is 4.81. The van der Waals surface area contributed by atoms with Gasteiger partial charge in [-0.3, -0.25) is 0 Å². The minimum Gasteiger partial charge on any atom is -0.380 e. The van der Waals surface area contributed by atoms with Crippen LogP contribution in [0.3, 0.4) is 0 Å². The van der Waals surface area contributed by atoms with E-state index in [1.807, 2.05) is 19.3 Å². The SMILES string of the molecule is C=C/C=C\N(C)CCCN. The summed E-state index contributed by atoms with van der Waals surface area (Å²) in [6.45, 7) is 5.35. The maximum atomic E-state index is 5.33. The number of allylic oxidation sites excluding steroid dienone is 2. The van der Waals surface area contributed by atoms with E-state index in [0.717, 1.165) is 19.5 Å². The van der Waals surface area contributed by atoms with Crippen molar-refractivity contribution in [2.24, 2.45) is 5.73 Å². The molecule has 58 valence electrons. The minimum absolute atomic E-state index is 0.756. The van der Waals surface area contributed by atoms with Gasteiger partial charge in [0, 0.05) is 13.6 Å². The largest absolute Gasteiger partial charge is 0.380 e. The Bertz CT molecular complexity index is 108. The van der Waals surface area contributed by atoms with Crippen LogP contribution in [0.2, 0.25) is 0 Å². The Labute approximate surface area is 63.0 Å². The zero-order valence-corrected chi connectivity index (χ0v) is 6.59. The maximum Gasteiger partial charge on any atom is 0.0181 e. The Balaban J connectivity index is 3.32. The van der Waals surface area contributed by atoms with E-state index < -0.39 is 0 Å². The van der Waals surface area contributed by atoms with Crippen molar-refractivity contribution in [2.75, 3.05) is 20.1 Å². The molecule has 0 saturated heterocycles. The molecule has 0 aromatic heterocycles. The number of nitrogens with zero attached hydrogens (tertiary/aromatic N) is 1. The first-order valence-corrected chi connectivity index (χ1v) is 3.50. The van der Waals surface area contributed by atoms with E-state index >= 15 is 0 Å². The fraction of sp³-hybridized carbons (Fsp3) is 0.500. The van der Waals surface area contributed by atoms with Crippen molar-refractivity contribution in [1.29, 1.82) is 0 Å². The van der Waals surface area contributed by atoms with Gasteiger partial charge in [0.25, 0.3) is 0 Å². The molecule has 10 heavy (non-hydrogen) atoms. The maximum absolute atomic E-state index is 5.33. The number of nitrogens with two attached hydrogens (primary N) is 1. The number of hydrogen-bond donors (Lipinski definition) is 1. The fourth-order valence-electron chi connectivity index (χ4n) is 0.623. The Hall–Kier alpha value is -0.760. The lowest BCUT2D eigenvalue weighted by Gasteiger charge is -2.11. The van der Waals surface area contributed by atoms with Crippen LogP contribution in [0.4, 0.5) is 0 Å². The molecule has 0 bridgehead atoms. The van der Waals surface area contributed by atoms with Crippen molar-refractivity contribution in [3.05, 3.63) is 24.9 Å². The van der Waals surface area contributed by atoms with Crippen LogP contribution in [0.1, 0.15) is 6.42 Å². The van der Waals surface area contributed by atoms with Crippen molar-refractivity contribution in [3.8, 4) is 0 Å². The summed E-state index contributed by atoms with van der Waals surface area (Å²) in [6, 6.07) is 0. The second-order valence-corrected chi connectivity index (χ2v) is 2.20. The van der Waals surface area contributed by atoms with Crippen molar-refractivity contribution >= 4 is 0 Å². The van der Waals surface area contributed by atoms with Crippen LogP contribution in [-0.4, -0.2) is 25.0 Å². The number of hydrogen-bond acceptors (Lipinski definition) is 2. The molecular formula is C8H16N2. The van der Waals surface area contributed by atoms with Gasteiger partial charge in [0.05, 0.1) is 0 Å². The monoisotopic (exact) mass is 140 g/mol. The van der Waals surface area contributed by atoms with Crippen LogP contribution in [0.25, 0.3) is 0 Å². The summed E-state index contributed by atoms with van der Waals surface area (Å²) in [5, 5.41) is 0. The summed E-state index contributed by atoms with van der Waals surface area (Å²) in [5.74, 6) is 0. The van der Waals surface area contributed by atoms with Gasteiger partial charge in [-0.25, -0.2) is 0 Å². The van der Waals surface area contributed by atoms with Crippen molar-refractivity contribution in [2.45, 2.75) is 6.42 Å². The average molecular weight is 140 g/mol. The van der Waals surface area contributed by atoms with E-state index in [4.69, 9.17) is 5.73 Å². The summed E-state index contributed by atoms with van der Waals surface area (Å²) in [5.41, 5.74) is 5.33. The smallest absolute Gasteiger partial charge is 0.0181 e. The highest BCUT2D eigenvalue weighted by molar-refractivity contribution is 4.96. The Morgan fingerprint density at radius 3 is 2.80 bits per heavy atom. The van der Waals surface area contributed by atoms with Gasteiger partial charge in [-0.15, -0.1) is 0 Å². The zero-order valence-electron chi connectivity index (χ0n) is 6.59. The summed E-state index contributed by atoms with van der Waals surface area (Å²) >= 11 is 0. The average Bonchev–Trinajstić information content (AvgIpc) is 1.97. The second kappa shape index (κ2) is 6.36. The van der Waals surface area contributed by atoms with E-state index in [9.17, 15) is 0 Å². The van der Waals surface area contributed by atoms with E-state index in [2.05, 4.69) is 11.5 Å². The molecule has 0 aliphatic carbocycles. The molecular weight excluding hydrogens is 124 g/mol. The summed E-state index contributed by atoms with van der Waals surface area (Å²) in [6.07, 6.45) is 6.70. The first-order valence-electron chi connectivity index (χ1n) is 3.50. The molecule has 0 amide bonds. The predicted molar refractivity (Wildman–Crippen MR) is 45.6 cm³/mol. The second-order valence-electron chi connectivity index (χ2n) is 2.20.